The molecule has 0 aromatic heterocycles. The van der Waals surface area contributed by atoms with E-state index in [-0.39, 0.29) is 24.1 Å². The fourth-order valence-electron chi connectivity index (χ4n) is 6.95. The van der Waals surface area contributed by atoms with Crippen molar-refractivity contribution in [2.75, 3.05) is 26.2 Å². The van der Waals surface area contributed by atoms with Crippen LogP contribution in [0.3, 0.4) is 0 Å². The molecular formula is C39H73NO6. The van der Waals surface area contributed by atoms with Crippen LogP contribution in [0.1, 0.15) is 175 Å². The lowest BCUT2D eigenvalue weighted by atomic mass is 9.95. The number of allylic oxidation sites excluding steroid dienone is 1. The van der Waals surface area contributed by atoms with Crippen LogP contribution in [0, 0.1) is 17.8 Å². The number of rotatable bonds is 35. The first-order chi connectivity index (χ1) is 22.2. The smallest absolute Gasteiger partial charge is 0.312 e. The lowest BCUT2D eigenvalue weighted by Crippen LogP contribution is -2.59. The van der Waals surface area contributed by atoms with Crippen LogP contribution in [0.15, 0.2) is 12.7 Å². The average molecular weight is 652 g/mol. The number of carboxylic acid groups (broad SMARTS) is 3. The number of unbranched alkanes of at least 4 members (excludes halogenated alkanes) is 20. The summed E-state index contributed by atoms with van der Waals surface area (Å²) in [7, 11) is 0. The highest BCUT2D eigenvalue weighted by Gasteiger charge is 2.39. The van der Waals surface area contributed by atoms with Gasteiger partial charge in [-0.1, -0.05) is 136 Å². The Balaban J connectivity index is 4.38. The van der Waals surface area contributed by atoms with Gasteiger partial charge in [-0.3, -0.25) is 9.59 Å². The van der Waals surface area contributed by atoms with Gasteiger partial charge in [-0.05, 0) is 44.9 Å². The lowest BCUT2D eigenvalue weighted by molar-refractivity contribution is -0.935. The highest BCUT2D eigenvalue weighted by atomic mass is 16.4. The van der Waals surface area contributed by atoms with Crippen LogP contribution in [0.2, 0.25) is 0 Å². The van der Waals surface area contributed by atoms with Crippen molar-refractivity contribution in [3.8, 4) is 0 Å². The maximum Gasteiger partial charge on any atom is 0.312 e. The molecule has 46 heavy (non-hydrogen) atoms. The van der Waals surface area contributed by atoms with Gasteiger partial charge in [0.2, 0.25) is 0 Å². The molecule has 0 aromatic rings. The van der Waals surface area contributed by atoms with Gasteiger partial charge in [-0.2, -0.15) is 0 Å². The Kier molecular flexibility index (Phi) is 28.1. The van der Waals surface area contributed by atoms with E-state index in [2.05, 4.69) is 6.58 Å². The van der Waals surface area contributed by atoms with Crippen molar-refractivity contribution in [3.05, 3.63) is 12.7 Å². The molecule has 0 aliphatic rings. The maximum absolute atomic E-state index is 12.0. The topological polar surface area (TPSA) is 115 Å². The molecule has 0 aliphatic carbocycles. The predicted octanol–water partition coefficient (Wildman–Crippen LogP) is 9.18. The van der Waals surface area contributed by atoms with Crippen molar-refractivity contribution in [1.82, 2.24) is 0 Å². The number of carbonyl (C=O) groups is 3. The van der Waals surface area contributed by atoms with E-state index >= 15 is 0 Å². The molecule has 7 nitrogen and oxygen atoms in total. The van der Waals surface area contributed by atoms with Crippen LogP contribution in [0.5, 0.6) is 0 Å². The minimum atomic E-state index is -1.14. The van der Waals surface area contributed by atoms with Gasteiger partial charge in [-0.25, -0.2) is 0 Å². The Hall–Kier alpha value is -1.89. The van der Waals surface area contributed by atoms with Crippen molar-refractivity contribution < 1.29 is 34.2 Å². The van der Waals surface area contributed by atoms with E-state index in [0.29, 0.717) is 25.8 Å². The molecule has 0 aliphatic heterocycles. The van der Waals surface area contributed by atoms with Gasteiger partial charge in [0.15, 0.2) is 0 Å². The molecule has 0 saturated heterocycles. The Morgan fingerprint density at radius 1 is 0.543 bits per heavy atom. The van der Waals surface area contributed by atoms with Crippen LogP contribution in [0.25, 0.3) is 0 Å². The van der Waals surface area contributed by atoms with Crippen LogP contribution in [-0.4, -0.2) is 58.8 Å². The predicted molar refractivity (Wildman–Crippen MR) is 189 cm³/mol. The summed E-state index contributed by atoms with van der Waals surface area (Å²) in [6.07, 6.45) is 30.1. The summed E-state index contributed by atoms with van der Waals surface area (Å²) in [5, 5.41) is 31.6. The van der Waals surface area contributed by atoms with Gasteiger partial charge < -0.3 is 24.6 Å². The molecule has 0 spiro atoms. The molecular weight excluding hydrogens is 578 g/mol. The van der Waals surface area contributed by atoms with Gasteiger partial charge in [0.05, 0.1) is 32.1 Å². The first kappa shape index (κ1) is 44.1. The minimum absolute atomic E-state index is 0.221. The normalized spacial score (nSPS) is 14.8. The molecule has 0 rings (SSSR count). The third-order valence-corrected chi connectivity index (χ3v) is 10.1. The second-order valence-corrected chi connectivity index (χ2v) is 14.1. The minimum Gasteiger partial charge on any atom is -0.550 e. The SMILES string of the molecule is C=CCCCCCCCCCCCCCCCCCCCCCC[N+](CC(CC)C(=O)[O-])(CC(CC)C(=O)O)CC(CC)C(=O)O. The third-order valence-electron chi connectivity index (χ3n) is 10.1. The van der Waals surface area contributed by atoms with E-state index in [1.807, 2.05) is 19.9 Å². The van der Waals surface area contributed by atoms with E-state index < -0.39 is 35.7 Å². The second kappa shape index (κ2) is 29.3. The Morgan fingerprint density at radius 2 is 0.826 bits per heavy atom. The molecule has 0 aromatic carbocycles. The molecule has 3 unspecified atom stereocenters. The quantitative estimate of drug-likeness (QED) is 0.0401. The zero-order valence-corrected chi connectivity index (χ0v) is 30.3. The molecule has 0 fully saturated rings. The summed E-state index contributed by atoms with van der Waals surface area (Å²) in [4.78, 5) is 35.9. The molecule has 2 N–H and O–H groups in total. The van der Waals surface area contributed by atoms with Gasteiger partial charge in [0, 0.05) is 5.92 Å². The zero-order valence-electron chi connectivity index (χ0n) is 30.3. The molecule has 0 bridgehead atoms. The molecule has 0 amide bonds. The standard InChI is InChI=1S/C39H73NO6/c1-5-9-10-11-12-13-14-15-16-17-18-19-20-21-22-23-24-25-26-27-28-29-30-40(31-34(6-2)37(41)42,32-35(7-3)38(43)44)33-36(8-4)39(45)46/h5,34-36H,1,6-33H2,2-4H3,(H2-,41,42,43,44,45,46). The van der Waals surface area contributed by atoms with Crippen LogP contribution >= 0.6 is 0 Å². The number of aliphatic carboxylic acids is 3. The van der Waals surface area contributed by atoms with E-state index in [0.717, 1.165) is 25.7 Å². The Labute approximate surface area is 283 Å². The third kappa shape index (κ3) is 22.6. The largest absolute Gasteiger partial charge is 0.550 e. The van der Waals surface area contributed by atoms with Crippen molar-refractivity contribution in [1.29, 1.82) is 0 Å². The van der Waals surface area contributed by atoms with Gasteiger partial charge >= 0.3 is 11.9 Å². The van der Waals surface area contributed by atoms with E-state index in [9.17, 15) is 29.7 Å². The summed E-state index contributed by atoms with van der Waals surface area (Å²) in [5.41, 5.74) is 0. The van der Waals surface area contributed by atoms with Gasteiger partial charge in [0.1, 0.15) is 11.8 Å². The van der Waals surface area contributed by atoms with E-state index in [1.54, 1.807) is 6.92 Å². The summed E-state index contributed by atoms with van der Waals surface area (Å²) in [5.74, 6) is -4.94. The second-order valence-electron chi connectivity index (χ2n) is 14.1. The first-order valence-corrected chi connectivity index (χ1v) is 19.3. The Bertz CT molecular complexity index is 725. The number of hydrogen-bond donors (Lipinski definition) is 2. The number of hydrogen-bond acceptors (Lipinski definition) is 4. The zero-order chi connectivity index (χ0) is 34.5. The maximum atomic E-state index is 12.0. The molecule has 0 heterocycles. The van der Waals surface area contributed by atoms with Crippen LogP contribution < -0.4 is 5.11 Å². The van der Waals surface area contributed by atoms with Gasteiger partial charge in [-0.15, -0.1) is 6.58 Å². The van der Waals surface area contributed by atoms with Gasteiger partial charge in [0.25, 0.3) is 0 Å². The van der Waals surface area contributed by atoms with Crippen molar-refractivity contribution in [2.24, 2.45) is 17.8 Å². The van der Waals surface area contributed by atoms with Crippen LogP contribution in [0.4, 0.5) is 0 Å². The highest BCUT2D eigenvalue weighted by molar-refractivity contribution is 5.70. The highest BCUT2D eigenvalue weighted by Crippen LogP contribution is 2.25. The molecule has 0 radical (unpaired) electrons. The summed E-state index contributed by atoms with van der Waals surface area (Å²) in [6.45, 7) is 10.6. The lowest BCUT2D eigenvalue weighted by Gasteiger charge is -2.44. The number of quaternary nitrogens is 1. The van der Waals surface area contributed by atoms with Crippen molar-refractivity contribution >= 4 is 17.9 Å². The molecule has 270 valence electrons. The molecule has 3 atom stereocenters. The fraction of sp³-hybridized carbons (Fsp3) is 0.872. The average Bonchev–Trinajstić information content (AvgIpc) is 3.03. The van der Waals surface area contributed by atoms with Crippen LogP contribution in [-0.2, 0) is 14.4 Å². The Morgan fingerprint density at radius 3 is 1.09 bits per heavy atom. The number of nitrogens with zero attached hydrogens (tertiary/aromatic N) is 1. The monoisotopic (exact) mass is 652 g/mol. The first-order valence-electron chi connectivity index (χ1n) is 19.3. The van der Waals surface area contributed by atoms with E-state index in [4.69, 9.17) is 0 Å². The van der Waals surface area contributed by atoms with Crippen molar-refractivity contribution in [2.45, 2.75) is 175 Å². The summed E-state index contributed by atoms with van der Waals surface area (Å²) < 4.78 is 0.221. The number of carboxylic acids is 3. The molecule has 0 saturated carbocycles. The summed E-state index contributed by atoms with van der Waals surface area (Å²) in [6, 6.07) is 0. The van der Waals surface area contributed by atoms with E-state index in [1.165, 1.54) is 109 Å². The molecule has 7 heteroatoms. The fourth-order valence-corrected chi connectivity index (χ4v) is 6.95. The summed E-state index contributed by atoms with van der Waals surface area (Å²) >= 11 is 0. The van der Waals surface area contributed by atoms with Crippen molar-refractivity contribution in [3.63, 3.8) is 0 Å². The number of carbonyl (C=O) groups excluding carboxylic acids is 1.